The second kappa shape index (κ2) is 6.60. The third-order valence-electron chi connectivity index (χ3n) is 3.98. The van der Waals surface area contributed by atoms with E-state index < -0.39 is 24.0 Å². The highest BCUT2D eigenvalue weighted by Gasteiger charge is 2.30. The Bertz CT molecular complexity index is 592. The number of carbonyl (C=O) groups excluding carboxylic acids is 2. The summed E-state index contributed by atoms with van der Waals surface area (Å²) in [5.41, 5.74) is 2.91. The van der Waals surface area contributed by atoms with Crippen molar-refractivity contribution in [2.75, 3.05) is 0 Å². The first-order valence-corrected chi connectivity index (χ1v) is 7.26. The summed E-state index contributed by atoms with van der Waals surface area (Å²) >= 11 is 0. The van der Waals surface area contributed by atoms with Crippen molar-refractivity contribution in [1.82, 2.24) is 10.6 Å². The van der Waals surface area contributed by atoms with E-state index >= 15 is 0 Å². The molecule has 0 bridgehead atoms. The monoisotopic (exact) mass is 304 g/mol. The van der Waals surface area contributed by atoms with Crippen LogP contribution in [0.3, 0.4) is 0 Å². The fourth-order valence-corrected chi connectivity index (χ4v) is 2.66. The lowest BCUT2D eigenvalue weighted by Gasteiger charge is -2.19. The lowest BCUT2D eigenvalue weighted by atomic mass is 9.96. The van der Waals surface area contributed by atoms with E-state index in [1.807, 2.05) is 32.0 Å². The first-order chi connectivity index (χ1) is 10.4. The molecule has 6 heteroatoms. The van der Waals surface area contributed by atoms with Crippen molar-refractivity contribution in [2.45, 2.75) is 45.2 Å². The molecule has 2 atom stereocenters. The minimum atomic E-state index is -1.08. The second-order valence-electron chi connectivity index (χ2n) is 5.63. The Kier molecular flexibility index (Phi) is 4.80. The summed E-state index contributed by atoms with van der Waals surface area (Å²) in [6.45, 7) is 3.83. The van der Waals surface area contributed by atoms with Crippen LogP contribution in [0.5, 0.6) is 0 Å². The van der Waals surface area contributed by atoms with E-state index in [0.717, 1.165) is 16.7 Å². The molecule has 1 aromatic rings. The van der Waals surface area contributed by atoms with Crippen LogP contribution in [-0.4, -0.2) is 35.0 Å². The average molecular weight is 304 g/mol. The van der Waals surface area contributed by atoms with Gasteiger partial charge >= 0.3 is 5.97 Å². The van der Waals surface area contributed by atoms with E-state index in [-0.39, 0.29) is 12.3 Å². The van der Waals surface area contributed by atoms with Gasteiger partial charge in [0.1, 0.15) is 12.1 Å². The number of rotatable bonds is 5. The Hall–Kier alpha value is -2.37. The third-order valence-corrected chi connectivity index (χ3v) is 3.98. The number of carboxylic acid groups (broad SMARTS) is 1. The summed E-state index contributed by atoms with van der Waals surface area (Å²) in [5, 5.41) is 14.4. The van der Waals surface area contributed by atoms with Gasteiger partial charge < -0.3 is 15.7 Å². The number of carboxylic acids is 1. The molecule has 3 N–H and O–H groups in total. The predicted molar refractivity (Wildman–Crippen MR) is 80.4 cm³/mol. The molecule has 2 rings (SSSR count). The summed E-state index contributed by atoms with van der Waals surface area (Å²) in [5.74, 6) is -1.70. The first-order valence-electron chi connectivity index (χ1n) is 7.26. The molecule has 1 aliphatic rings. The fraction of sp³-hybridized carbons (Fsp3) is 0.438. The van der Waals surface area contributed by atoms with Gasteiger partial charge in [-0.3, -0.25) is 9.59 Å². The van der Waals surface area contributed by atoms with E-state index in [0.29, 0.717) is 12.8 Å². The van der Waals surface area contributed by atoms with Crippen LogP contribution in [0.15, 0.2) is 18.2 Å². The molecule has 1 saturated heterocycles. The van der Waals surface area contributed by atoms with Gasteiger partial charge in [0, 0.05) is 12.8 Å². The quantitative estimate of drug-likeness (QED) is 0.746. The van der Waals surface area contributed by atoms with E-state index in [9.17, 15) is 19.5 Å². The van der Waals surface area contributed by atoms with Crippen LogP contribution in [0.25, 0.3) is 0 Å². The van der Waals surface area contributed by atoms with Gasteiger partial charge in [-0.1, -0.05) is 18.2 Å². The van der Waals surface area contributed by atoms with Gasteiger partial charge in [0.05, 0.1) is 0 Å². The van der Waals surface area contributed by atoms with Crippen LogP contribution in [0.4, 0.5) is 0 Å². The first kappa shape index (κ1) is 16.0. The highest BCUT2D eigenvalue weighted by Crippen LogP contribution is 2.16. The summed E-state index contributed by atoms with van der Waals surface area (Å²) in [7, 11) is 0. The van der Waals surface area contributed by atoms with Gasteiger partial charge in [-0.05, 0) is 37.0 Å². The maximum Gasteiger partial charge on any atom is 0.326 e. The number of hydrogen-bond acceptors (Lipinski definition) is 3. The Morgan fingerprint density at radius 1 is 1.36 bits per heavy atom. The van der Waals surface area contributed by atoms with Crippen molar-refractivity contribution >= 4 is 17.8 Å². The summed E-state index contributed by atoms with van der Waals surface area (Å²) in [6.07, 6.45) is 0.924. The number of amides is 2. The standard InChI is InChI=1S/C16H20N2O4/c1-9-4-3-5-10(2)11(9)8-13(16(21)22)18-15(20)12-6-7-14(19)17-12/h3-5,12-13H,6-8H2,1-2H3,(H,17,19)(H,18,20)(H,21,22)/t12-,13-/m0/s1. The molecular weight excluding hydrogens is 284 g/mol. The van der Waals surface area contributed by atoms with Gasteiger partial charge in [0.25, 0.3) is 0 Å². The van der Waals surface area contributed by atoms with Crippen LogP contribution in [0.2, 0.25) is 0 Å². The molecule has 2 amide bonds. The van der Waals surface area contributed by atoms with Gasteiger partial charge in [0.15, 0.2) is 0 Å². The number of aryl methyl sites for hydroxylation is 2. The SMILES string of the molecule is Cc1cccc(C)c1C[C@H](NC(=O)[C@@H]1CCC(=O)N1)C(=O)O. The molecule has 1 heterocycles. The number of aliphatic carboxylic acids is 1. The van der Waals surface area contributed by atoms with Crippen LogP contribution in [0, 0.1) is 13.8 Å². The molecule has 22 heavy (non-hydrogen) atoms. The fourth-order valence-electron chi connectivity index (χ4n) is 2.66. The number of benzene rings is 1. The largest absolute Gasteiger partial charge is 0.480 e. The minimum Gasteiger partial charge on any atom is -0.480 e. The van der Waals surface area contributed by atoms with Crippen LogP contribution in [-0.2, 0) is 20.8 Å². The average Bonchev–Trinajstić information content (AvgIpc) is 2.88. The Morgan fingerprint density at radius 2 is 2.00 bits per heavy atom. The second-order valence-corrected chi connectivity index (χ2v) is 5.63. The molecule has 0 aromatic heterocycles. The zero-order valence-corrected chi connectivity index (χ0v) is 12.7. The number of carbonyl (C=O) groups is 3. The lowest BCUT2D eigenvalue weighted by molar-refractivity contribution is -0.142. The molecule has 0 aliphatic carbocycles. The normalized spacial score (nSPS) is 18.6. The number of hydrogen-bond donors (Lipinski definition) is 3. The van der Waals surface area contributed by atoms with Crippen LogP contribution in [0.1, 0.15) is 29.5 Å². The van der Waals surface area contributed by atoms with Crippen molar-refractivity contribution in [1.29, 1.82) is 0 Å². The van der Waals surface area contributed by atoms with Gasteiger partial charge in [-0.25, -0.2) is 4.79 Å². The zero-order valence-electron chi connectivity index (χ0n) is 12.7. The highest BCUT2D eigenvalue weighted by molar-refractivity contribution is 5.92. The van der Waals surface area contributed by atoms with Crippen molar-refractivity contribution in [2.24, 2.45) is 0 Å². The molecular formula is C16H20N2O4. The van der Waals surface area contributed by atoms with Gasteiger partial charge in [-0.2, -0.15) is 0 Å². The smallest absolute Gasteiger partial charge is 0.326 e. The maximum atomic E-state index is 12.1. The third kappa shape index (κ3) is 3.63. The Labute approximate surface area is 128 Å². The lowest BCUT2D eigenvalue weighted by Crippen LogP contribution is -2.49. The maximum absolute atomic E-state index is 12.1. The summed E-state index contributed by atoms with van der Waals surface area (Å²) < 4.78 is 0. The summed E-state index contributed by atoms with van der Waals surface area (Å²) in [6, 6.07) is 4.11. The Morgan fingerprint density at radius 3 is 2.50 bits per heavy atom. The van der Waals surface area contributed by atoms with Crippen molar-refractivity contribution in [3.05, 3.63) is 34.9 Å². The van der Waals surface area contributed by atoms with E-state index in [4.69, 9.17) is 0 Å². The number of nitrogens with one attached hydrogen (secondary N) is 2. The Balaban J connectivity index is 2.09. The minimum absolute atomic E-state index is 0.179. The van der Waals surface area contributed by atoms with E-state index in [2.05, 4.69) is 10.6 Å². The molecule has 0 radical (unpaired) electrons. The molecule has 6 nitrogen and oxygen atoms in total. The van der Waals surface area contributed by atoms with Gasteiger partial charge in [0.2, 0.25) is 11.8 Å². The van der Waals surface area contributed by atoms with E-state index in [1.165, 1.54) is 0 Å². The molecule has 1 aromatic carbocycles. The summed E-state index contributed by atoms with van der Waals surface area (Å²) in [4.78, 5) is 34.7. The van der Waals surface area contributed by atoms with Gasteiger partial charge in [-0.15, -0.1) is 0 Å². The van der Waals surface area contributed by atoms with Crippen LogP contribution < -0.4 is 10.6 Å². The topological polar surface area (TPSA) is 95.5 Å². The predicted octanol–water partition coefficient (Wildman–Crippen LogP) is 0.694. The highest BCUT2D eigenvalue weighted by atomic mass is 16.4. The molecule has 0 unspecified atom stereocenters. The molecule has 0 saturated carbocycles. The van der Waals surface area contributed by atoms with Crippen molar-refractivity contribution in [3.63, 3.8) is 0 Å². The molecule has 118 valence electrons. The molecule has 0 spiro atoms. The van der Waals surface area contributed by atoms with Crippen molar-refractivity contribution < 1.29 is 19.5 Å². The van der Waals surface area contributed by atoms with E-state index in [1.54, 1.807) is 0 Å². The van der Waals surface area contributed by atoms with Crippen LogP contribution >= 0.6 is 0 Å². The van der Waals surface area contributed by atoms with Crippen molar-refractivity contribution in [3.8, 4) is 0 Å². The molecule has 1 aliphatic heterocycles. The molecule has 1 fully saturated rings. The zero-order chi connectivity index (χ0) is 16.3.